The van der Waals surface area contributed by atoms with E-state index in [0.717, 1.165) is 23.1 Å². The summed E-state index contributed by atoms with van der Waals surface area (Å²) in [7, 11) is -3.50. The molecule has 3 heterocycles. The topological polar surface area (TPSA) is 88.6 Å². The van der Waals surface area contributed by atoms with Gasteiger partial charge in [0.2, 0.25) is 15.9 Å². The fourth-order valence-electron chi connectivity index (χ4n) is 4.54. The minimum Gasteiger partial charge on any atom is -0.381 e. The van der Waals surface area contributed by atoms with Gasteiger partial charge in [0, 0.05) is 26.3 Å². The summed E-state index contributed by atoms with van der Waals surface area (Å²) in [6.07, 6.45) is 3.00. The third-order valence-corrected chi connectivity index (χ3v) is 9.22. The van der Waals surface area contributed by atoms with Crippen molar-refractivity contribution in [2.75, 3.05) is 31.6 Å². The predicted molar refractivity (Wildman–Crippen MR) is 124 cm³/mol. The lowest BCUT2D eigenvalue weighted by Crippen LogP contribution is -2.44. The Morgan fingerprint density at radius 2 is 1.78 bits per heavy atom. The zero-order chi connectivity index (χ0) is 22.2. The van der Waals surface area contributed by atoms with E-state index in [9.17, 15) is 13.2 Å². The van der Waals surface area contributed by atoms with E-state index in [2.05, 4.69) is 10.3 Å². The molecule has 2 aliphatic rings. The lowest BCUT2D eigenvalue weighted by Gasteiger charge is -2.35. The summed E-state index contributed by atoms with van der Waals surface area (Å²) in [6.45, 7) is 2.19. The number of nitrogens with one attached hydrogen (secondary N) is 1. The number of rotatable bonds is 5. The molecule has 7 nitrogen and oxygen atoms in total. The molecule has 2 fully saturated rings. The van der Waals surface area contributed by atoms with Crippen LogP contribution in [-0.4, -0.2) is 49.9 Å². The molecule has 0 unspecified atom stereocenters. The third-order valence-electron chi connectivity index (χ3n) is 6.39. The number of thiazole rings is 1. The largest absolute Gasteiger partial charge is 0.381 e. The third kappa shape index (κ3) is 3.83. The number of sulfonamides is 1. The Morgan fingerprint density at radius 1 is 1.06 bits per heavy atom. The average molecular weight is 472 g/mol. The smallest absolute Gasteiger partial charge is 0.243 e. The van der Waals surface area contributed by atoms with E-state index in [1.807, 2.05) is 30.3 Å². The Labute approximate surface area is 191 Å². The maximum atomic E-state index is 13.5. The summed E-state index contributed by atoms with van der Waals surface area (Å²) in [5, 5.41) is 3.48. The molecule has 2 aromatic carbocycles. The Kier molecular flexibility index (Phi) is 5.75. The molecule has 0 radical (unpaired) electrons. The first-order valence-electron chi connectivity index (χ1n) is 10.8. The molecule has 3 aromatic rings. The van der Waals surface area contributed by atoms with Crippen LogP contribution in [0, 0.1) is 0 Å². The van der Waals surface area contributed by atoms with Crippen molar-refractivity contribution < 1.29 is 17.9 Å². The summed E-state index contributed by atoms with van der Waals surface area (Å²) in [5.41, 5.74) is 0.981. The molecule has 2 aliphatic heterocycles. The number of nitrogens with zero attached hydrogens (tertiary/aromatic N) is 2. The van der Waals surface area contributed by atoms with Gasteiger partial charge in [-0.1, -0.05) is 41.7 Å². The van der Waals surface area contributed by atoms with E-state index in [-0.39, 0.29) is 10.8 Å². The molecule has 0 bridgehead atoms. The Morgan fingerprint density at radius 3 is 2.50 bits per heavy atom. The van der Waals surface area contributed by atoms with Crippen molar-refractivity contribution >= 4 is 42.6 Å². The fourth-order valence-corrected chi connectivity index (χ4v) is 7.06. The van der Waals surface area contributed by atoms with Crippen LogP contribution in [0.4, 0.5) is 5.13 Å². The number of aromatic nitrogens is 1. The van der Waals surface area contributed by atoms with Crippen molar-refractivity contribution in [1.82, 2.24) is 9.29 Å². The quantitative estimate of drug-likeness (QED) is 0.612. The van der Waals surface area contributed by atoms with Gasteiger partial charge in [0.1, 0.15) is 0 Å². The monoisotopic (exact) mass is 471 g/mol. The van der Waals surface area contributed by atoms with E-state index < -0.39 is 15.4 Å². The van der Waals surface area contributed by atoms with Crippen molar-refractivity contribution in [3.8, 4) is 0 Å². The maximum absolute atomic E-state index is 13.5. The van der Waals surface area contributed by atoms with Crippen LogP contribution in [0.15, 0.2) is 53.4 Å². The van der Waals surface area contributed by atoms with Crippen LogP contribution >= 0.6 is 11.3 Å². The summed E-state index contributed by atoms with van der Waals surface area (Å²) in [6, 6.07) is 14.8. The van der Waals surface area contributed by atoms with Crippen LogP contribution in [0.3, 0.4) is 0 Å². The van der Waals surface area contributed by atoms with E-state index in [1.165, 1.54) is 15.6 Å². The lowest BCUT2D eigenvalue weighted by atomic mass is 9.73. The molecule has 2 saturated heterocycles. The molecule has 5 rings (SSSR count). The first-order valence-corrected chi connectivity index (χ1v) is 13.1. The van der Waals surface area contributed by atoms with Gasteiger partial charge in [0.25, 0.3) is 0 Å². The van der Waals surface area contributed by atoms with Crippen LogP contribution in [0.25, 0.3) is 10.2 Å². The number of anilines is 1. The lowest BCUT2D eigenvalue weighted by molar-refractivity contribution is -0.125. The van der Waals surface area contributed by atoms with Crippen LogP contribution in [0.2, 0.25) is 0 Å². The van der Waals surface area contributed by atoms with Crippen molar-refractivity contribution in [1.29, 1.82) is 0 Å². The molecule has 32 heavy (non-hydrogen) atoms. The molecule has 1 amide bonds. The maximum Gasteiger partial charge on any atom is 0.243 e. The summed E-state index contributed by atoms with van der Waals surface area (Å²) < 4.78 is 33.6. The number of fused-ring (bicyclic) bond motifs is 1. The van der Waals surface area contributed by atoms with E-state index in [4.69, 9.17) is 4.74 Å². The number of carbonyl (C=O) groups excluding carboxylic acids is 1. The zero-order valence-electron chi connectivity index (χ0n) is 17.6. The second-order valence-corrected chi connectivity index (χ2v) is 11.2. The van der Waals surface area contributed by atoms with Crippen molar-refractivity contribution in [2.24, 2.45) is 0 Å². The van der Waals surface area contributed by atoms with Gasteiger partial charge < -0.3 is 10.1 Å². The van der Waals surface area contributed by atoms with Crippen molar-refractivity contribution in [2.45, 2.75) is 36.0 Å². The van der Waals surface area contributed by atoms with E-state index >= 15 is 0 Å². The molecular formula is C23H25N3O4S2. The Balaban J connectivity index is 1.43. The fraction of sp³-hybridized carbons (Fsp3) is 0.391. The number of ether oxygens (including phenoxy) is 1. The number of hydrogen-bond acceptors (Lipinski definition) is 6. The SMILES string of the molecule is O=C(Nc1nc2ccc(S(=O)(=O)N3CCCC3)cc2s1)C1(c2ccccc2)CCOCC1. The summed E-state index contributed by atoms with van der Waals surface area (Å²) in [4.78, 5) is 18.3. The first-order chi connectivity index (χ1) is 15.5. The van der Waals surface area contributed by atoms with Gasteiger partial charge in [-0.15, -0.1) is 0 Å². The highest BCUT2D eigenvalue weighted by Gasteiger charge is 2.42. The summed E-state index contributed by atoms with van der Waals surface area (Å²) >= 11 is 1.30. The van der Waals surface area contributed by atoms with Gasteiger partial charge in [0.15, 0.2) is 5.13 Å². The van der Waals surface area contributed by atoms with Gasteiger partial charge in [-0.25, -0.2) is 13.4 Å². The highest BCUT2D eigenvalue weighted by molar-refractivity contribution is 7.89. The molecule has 168 valence electrons. The molecule has 1 aromatic heterocycles. The zero-order valence-corrected chi connectivity index (χ0v) is 19.3. The molecule has 0 atom stereocenters. The molecular weight excluding hydrogens is 446 g/mol. The van der Waals surface area contributed by atoms with Gasteiger partial charge in [-0.2, -0.15) is 4.31 Å². The van der Waals surface area contributed by atoms with E-state index in [1.54, 1.807) is 18.2 Å². The minimum atomic E-state index is -3.50. The van der Waals surface area contributed by atoms with E-state index in [0.29, 0.717) is 49.8 Å². The van der Waals surface area contributed by atoms with Crippen molar-refractivity contribution in [3.05, 3.63) is 54.1 Å². The Bertz CT molecular complexity index is 1230. The minimum absolute atomic E-state index is 0.101. The van der Waals surface area contributed by atoms with Crippen LogP contribution in [0.1, 0.15) is 31.2 Å². The van der Waals surface area contributed by atoms with Gasteiger partial charge >= 0.3 is 0 Å². The first kappa shape index (κ1) is 21.5. The molecule has 1 N–H and O–H groups in total. The van der Waals surface area contributed by atoms with Crippen LogP contribution in [-0.2, 0) is 25.0 Å². The highest BCUT2D eigenvalue weighted by Crippen LogP contribution is 2.37. The molecule has 0 aliphatic carbocycles. The number of benzene rings is 2. The standard InChI is InChI=1S/C23H25N3O4S2/c27-21(23(10-14-30-15-11-23)17-6-2-1-3-7-17)25-22-24-19-9-8-18(16-20(19)31-22)32(28,29)26-12-4-5-13-26/h1-3,6-9,16H,4-5,10-15H2,(H,24,25,27). The molecule has 9 heteroatoms. The highest BCUT2D eigenvalue weighted by atomic mass is 32.2. The summed E-state index contributed by atoms with van der Waals surface area (Å²) in [5.74, 6) is -0.101. The van der Waals surface area contributed by atoms with Crippen molar-refractivity contribution in [3.63, 3.8) is 0 Å². The normalized spacial score (nSPS) is 19.2. The Hall–Kier alpha value is -2.33. The van der Waals surface area contributed by atoms with Gasteiger partial charge in [0.05, 0.1) is 20.5 Å². The van der Waals surface area contributed by atoms with Crippen LogP contribution < -0.4 is 5.32 Å². The molecule has 0 saturated carbocycles. The second kappa shape index (κ2) is 8.55. The number of hydrogen-bond donors (Lipinski definition) is 1. The number of amides is 1. The number of carbonyl (C=O) groups is 1. The van der Waals surface area contributed by atoms with Gasteiger partial charge in [-0.05, 0) is 49.4 Å². The predicted octanol–water partition coefficient (Wildman–Crippen LogP) is 3.77. The molecule has 0 spiro atoms. The second-order valence-electron chi connectivity index (χ2n) is 8.27. The van der Waals surface area contributed by atoms with Crippen LogP contribution in [0.5, 0.6) is 0 Å². The van der Waals surface area contributed by atoms with Gasteiger partial charge in [-0.3, -0.25) is 4.79 Å². The average Bonchev–Trinajstić information content (AvgIpc) is 3.50.